The monoisotopic (exact) mass is 580 g/mol. The first-order chi connectivity index (χ1) is 18.4. The summed E-state index contributed by atoms with van der Waals surface area (Å²) < 4.78 is 54.2. The Labute approximate surface area is 227 Å². The maximum absolute atomic E-state index is 16.0. The molecule has 0 saturated heterocycles. The number of nitrogens with zero attached hydrogens (tertiary/aromatic N) is 3. The summed E-state index contributed by atoms with van der Waals surface area (Å²) in [6, 6.07) is 0. The standard InChI is InChI=1S/C22H38FN6O9P/c1-8-34-21(31)37-14(4)38-39(26-10-16(30)36-13(2)3)35-11-15(32-6)9-22(5,23)29-12-25-17-18(29)27-20(24)28-19(17)33-7/h12-15,20,26-27H,8-11,24H2,1-7H3. The summed E-state index contributed by atoms with van der Waals surface area (Å²) >= 11 is 0. The Hall–Kier alpha value is -2.62. The van der Waals surface area contributed by atoms with Crippen molar-refractivity contribution in [3.63, 3.8) is 0 Å². The molecule has 2 rings (SSSR count). The van der Waals surface area contributed by atoms with Crippen LogP contribution in [0.4, 0.5) is 15.0 Å². The van der Waals surface area contributed by atoms with Gasteiger partial charge in [-0.1, -0.05) is 0 Å². The zero-order chi connectivity index (χ0) is 29.2. The van der Waals surface area contributed by atoms with E-state index in [-0.39, 0.29) is 38.2 Å². The number of ether oxygens (including phenoxy) is 5. The van der Waals surface area contributed by atoms with Crippen LogP contribution in [0.15, 0.2) is 11.3 Å². The Morgan fingerprint density at radius 1 is 1.31 bits per heavy atom. The number of esters is 1. The molecule has 5 atom stereocenters. The number of aliphatic imine (C=N–C) groups is 1. The molecule has 1 aliphatic rings. The van der Waals surface area contributed by atoms with Crippen molar-refractivity contribution in [1.29, 1.82) is 0 Å². The Bertz CT molecular complexity index is 980. The lowest BCUT2D eigenvalue weighted by Gasteiger charge is -2.30. The number of alkyl halides is 1. The fourth-order valence-electron chi connectivity index (χ4n) is 3.37. The second kappa shape index (κ2) is 15.2. The average Bonchev–Trinajstić information content (AvgIpc) is 3.28. The molecule has 0 amide bonds. The van der Waals surface area contributed by atoms with E-state index in [1.807, 2.05) is 0 Å². The van der Waals surface area contributed by atoms with E-state index < -0.39 is 45.1 Å². The summed E-state index contributed by atoms with van der Waals surface area (Å²) in [5, 5.41) is 5.67. The lowest BCUT2D eigenvalue weighted by atomic mass is 10.1. The Morgan fingerprint density at radius 2 is 2.03 bits per heavy atom. The summed E-state index contributed by atoms with van der Waals surface area (Å²) in [5.74, 6) is -2.07. The predicted octanol–water partition coefficient (Wildman–Crippen LogP) is 2.31. The molecule has 0 fully saturated rings. The van der Waals surface area contributed by atoms with Gasteiger partial charge in [0, 0.05) is 13.5 Å². The lowest BCUT2D eigenvalue weighted by Crippen LogP contribution is -2.38. The van der Waals surface area contributed by atoms with Crippen LogP contribution >= 0.6 is 8.53 Å². The molecule has 1 aromatic rings. The molecule has 0 saturated carbocycles. The average molecular weight is 581 g/mol. The fourth-order valence-corrected chi connectivity index (χ4v) is 4.47. The van der Waals surface area contributed by atoms with Gasteiger partial charge < -0.3 is 33.5 Å². The van der Waals surface area contributed by atoms with Gasteiger partial charge in [-0.15, -0.1) is 0 Å². The van der Waals surface area contributed by atoms with Crippen LogP contribution in [0.1, 0.15) is 46.7 Å². The van der Waals surface area contributed by atoms with Crippen molar-refractivity contribution < 1.29 is 46.7 Å². The second-order valence-electron chi connectivity index (χ2n) is 8.64. The van der Waals surface area contributed by atoms with Crippen molar-refractivity contribution in [3.8, 4) is 0 Å². The van der Waals surface area contributed by atoms with Gasteiger partial charge in [0.25, 0.3) is 8.53 Å². The summed E-state index contributed by atoms with van der Waals surface area (Å²) in [7, 11) is 0.811. The minimum atomic E-state index is -2.01. The van der Waals surface area contributed by atoms with Crippen LogP contribution in [0, 0.1) is 0 Å². The van der Waals surface area contributed by atoms with E-state index in [9.17, 15) is 9.59 Å². The van der Waals surface area contributed by atoms with Crippen molar-refractivity contribution in [2.24, 2.45) is 10.7 Å². The molecule has 17 heteroatoms. The van der Waals surface area contributed by atoms with Crippen LogP contribution in [0.3, 0.4) is 0 Å². The number of nitrogens with one attached hydrogen (secondary N) is 2. The van der Waals surface area contributed by atoms with Crippen molar-refractivity contribution >= 4 is 32.4 Å². The third kappa shape index (κ3) is 10.1. The number of halogens is 1. The number of carbonyl (C=O) groups excluding carboxylic acids is 2. The minimum absolute atomic E-state index is 0.120. The largest absolute Gasteiger partial charge is 0.510 e. The molecule has 5 unspecified atom stereocenters. The van der Waals surface area contributed by atoms with E-state index in [1.165, 1.54) is 39.0 Å². The SMILES string of the molecule is CCOC(=O)OC(C)OP(NCC(=O)OC(C)C)OCC(CC(C)(F)n1cnc2c1NC(N)N=C2OC)OC. The summed E-state index contributed by atoms with van der Waals surface area (Å²) in [6.45, 7) is 7.58. The highest BCUT2D eigenvalue weighted by Gasteiger charge is 2.36. The number of fused-ring (bicyclic) bond motifs is 1. The zero-order valence-corrected chi connectivity index (χ0v) is 24.0. The van der Waals surface area contributed by atoms with Gasteiger partial charge in [-0.25, -0.2) is 24.2 Å². The molecule has 0 spiro atoms. The number of hydrogen-bond donors (Lipinski definition) is 3. The summed E-state index contributed by atoms with van der Waals surface area (Å²) in [6.07, 6.45) is -2.80. The van der Waals surface area contributed by atoms with Crippen LogP contribution in [0.25, 0.3) is 0 Å². The summed E-state index contributed by atoms with van der Waals surface area (Å²) in [4.78, 5) is 31.9. The fraction of sp³-hybridized carbons (Fsp3) is 0.727. The van der Waals surface area contributed by atoms with Crippen LogP contribution in [-0.2, 0) is 43.3 Å². The first-order valence-electron chi connectivity index (χ1n) is 12.2. The van der Waals surface area contributed by atoms with Gasteiger partial charge in [0.15, 0.2) is 17.8 Å². The summed E-state index contributed by atoms with van der Waals surface area (Å²) in [5.41, 5.74) is 6.20. The quantitative estimate of drug-likeness (QED) is 0.156. The normalized spacial score (nSPS) is 18.6. The van der Waals surface area contributed by atoms with Gasteiger partial charge in [-0.05, 0) is 34.6 Å². The number of carbonyl (C=O) groups is 2. The lowest BCUT2D eigenvalue weighted by molar-refractivity contribution is -0.146. The van der Waals surface area contributed by atoms with E-state index in [0.29, 0.717) is 11.5 Å². The van der Waals surface area contributed by atoms with Crippen LogP contribution in [0.2, 0.25) is 0 Å². The van der Waals surface area contributed by atoms with Crippen molar-refractivity contribution in [2.45, 2.75) is 71.6 Å². The molecule has 0 bridgehead atoms. The van der Waals surface area contributed by atoms with Crippen LogP contribution in [-0.4, -0.2) is 86.3 Å². The number of imidazole rings is 1. The number of rotatable bonds is 15. The molecule has 1 aliphatic heterocycles. The van der Waals surface area contributed by atoms with E-state index in [4.69, 9.17) is 38.5 Å². The van der Waals surface area contributed by atoms with Crippen LogP contribution in [0.5, 0.6) is 0 Å². The number of aromatic nitrogens is 2. The van der Waals surface area contributed by atoms with Crippen molar-refractivity contribution in [1.82, 2.24) is 14.6 Å². The third-order valence-corrected chi connectivity index (χ3v) is 6.29. The predicted molar refractivity (Wildman–Crippen MR) is 138 cm³/mol. The zero-order valence-electron chi connectivity index (χ0n) is 23.1. The number of hydrogen-bond acceptors (Lipinski definition) is 14. The first-order valence-corrected chi connectivity index (χ1v) is 13.4. The maximum atomic E-state index is 16.0. The molecular weight excluding hydrogens is 542 g/mol. The highest BCUT2D eigenvalue weighted by atomic mass is 31.2. The smallest absolute Gasteiger partial charge is 0.480 e. The van der Waals surface area contributed by atoms with Crippen molar-refractivity contribution in [2.75, 3.05) is 39.3 Å². The van der Waals surface area contributed by atoms with Gasteiger partial charge in [-0.2, -0.15) is 0 Å². The first kappa shape index (κ1) is 32.6. The van der Waals surface area contributed by atoms with Crippen LogP contribution < -0.4 is 16.1 Å². The Kier molecular flexibility index (Phi) is 12.7. The molecule has 2 heterocycles. The Balaban J connectivity index is 2.08. The van der Waals surface area contributed by atoms with Gasteiger partial charge in [0.1, 0.15) is 12.4 Å². The molecule has 0 radical (unpaired) electrons. The van der Waals surface area contributed by atoms with E-state index in [0.717, 1.165) is 0 Å². The van der Waals surface area contributed by atoms with Crippen molar-refractivity contribution in [3.05, 3.63) is 12.0 Å². The van der Waals surface area contributed by atoms with Gasteiger partial charge in [0.05, 0.1) is 38.9 Å². The van der Waals surface area contributed by atoms with Gasteiger partial charge in [-0.3, -0.25) is 19.6 Å². The molecule has 222 valence electrons. The van der Waals surface area contributed by atoms with E-state index in [1.54, 1.807) is 20.8 Å². The molecule has 0 aliphatic carbocycles. The van der Waals surface area contributed by atoms with Gasteiger partial charge in [0.2, 0.25) is 12.2 Å². The molecular formula is C22H38FN6O9P. The highest BCUT2D eigenvalue weighted by molar-refractivity contribution is 7.45. The molecule has 0 aromatic carbocycles. The molecule has 39 heavy (non-hydrogen) atoms. The number of nitrogens with two attached hydrogens (primary N) is 1. The Morgan fingerprint density at radius 3 is 2.64 bits per heavy atom. The van der Waals surface area contributed by atoms with E-state index >= 15 is 4.39 Å². The van der Waals surface area contributed by atoms with E-state index in [2.05, 4.69) is 20.4 Å². The van der Waals surface area contributed by atoms with Gasteiger partial charge >= 0.3 is 12.1 Å². The topological polar surface area (TPSA) is 179 Å². The third-order valence-electron chi connectivity index (χ3n) is 5.01. The minimum Gasteiger partial charge on any atom is -0.480 e. The highest BCUT2D eigenvalue weighted by Crippen LogP contribution is 2.37. The number of anilines is 1. The second-order valence-corrected chi connectivity index (χ2v) is 9.94. The number of methoxy groups -OCH3 is 2. The molecule has 1 aromatic heterocycles. The maximum Gasteiger partial charge on any atom is 0.510 e. The molecule has 15 nitrogen and oxygen atoms in total. The molecule has 4 N–H and O–H groups in total.